The largest absolute Gasteiger partial charge is 0.368 e. The predicted molar refractivity (Wildman–Crippen MR) is 113 cm³/mol. The molecule has 0 spiro atoms. The first-order valence-electron chi connectivity index (χ1n) is 9.58. The Morgan fingerprint density at radius 1 is 0.857 bits per heavy atom. The van der Waals surface area contributed by atoms with E-state index in [9.17, 15) is 0 Å². The molecule has 0 radical (unpaired) electrons. The van der Waals surface area contributed by atoms with Crippen molar-refractivity contribution < 1.29 is 0 Å². The minimum Gasteiger partial charge on any atom is -0.368 e. The van der Waals surface area contributed by atoms with E-state index in [-0.39, 0.29) is 0 Å². The number of anilines is 4. The molecule has 3 heterocycles. The second-order valence-electron chi connectivity index (χ2n) is 7.10. The van der Waals surface area contributed by atoms with Crippen LogP contribution in [0.25, 0.3) is 0 Å². The summed E-state index contributed by atoms with van der Waals surface area (Å²) in [7, 11) is 0. The summed E-state index contributed by atoms with van der Waals surface area (Å²) in [6, 6.07) is 16.5. The molecule has 2 aliphatic rings. The van der Waals surface area contributed by atoms with Crippen molar-refractivity contribution in [2.75, 3.05) is 47.4 Å². The van der Waals surface area contributed by atoms with E-state index in [0.717, 1.165) is 55.7 Å². The number of aromatic nitrogens is 3. The lowest BCUT2D eigenvalue weighted by molar-refractivity contribution is 0.634. The Morgan fingerprint density at radius 2 is 1.68 bits per heavy atom. The zero-order valence-electron chi connectivity index (χ0n) is 15.5. The van der Waals surface area contributed by atoms with Crippen LogP contribution in [0.5, 0.6) is 0 Å². The summed E-state index contributed by atoms with van der Waals surface area (Å²) in [5, 5.41) is 9.31. The van der Waals surface area contributed by atoms with Gasteiger partial charge in [0, 0.05) is 49.1 Å². The van der Waals surface area contributed by atoms with Gasteiger partial charge in [0.2, 0.25) is 5.95 Å². The highest BCUT2D eigenvalue weighted by atomic mass is 35.5. The molecule has 7 heteroatoms. The van der Waals surface area contributed by atoms with Crippen molar-refractivity contribution in [1.82, 2.24) is 15.2 Å². The van der Waals surface area contributed by atoms with Crippen LogP contribution in [0.15, 0.2) is 54.7 Å². The summed E-state index contributed by atoms with van der Waals surface area (Å²) in [5.41, 5.74) is 3.74. The van der Waals surface area contributed by atoms with Crippen LogP contribution in [-0.4, -0.2) is 47.9 Å². The third-order valence-corrected chi connectivity index (χ3v) is 5.67. The highest BCUT2D eigenvalue weighted by Gasteiger charge is 2.24. The molecular weight excluding hydrogens is 372 g/mol. The molecule has 0 atom stereocenters. The van der Waals surface area contributed by atoms with Crippen molar-refractivity contribution in [3.8, 4) is 0 Å². The Hall–Kier alpha value is -2.86. The van der Waals surface area contributed by atoms with Crippen molar-refractivity contribution in [1.29, 1.82) is 0 Å². The smallest absolute Gasteiger partial charge is 0.247 e. The van der Waals surface area contributed by atoms with Crippen molar-refractivity contribution in [2.24, 2.45) is 0 Å². The van der Waals surface area contributed by atoms with Crippen molar-refractivity contribution in [3.05, 3.63) is 65.3 Å². The fourth-order valence-electron chi connectivity index (χ4n) is 3.96. The summed E-state index contributed by atoms with van der Waals surface area (Å²) < 4.78 is 0. The van der Waals surface area contributed by atoms with E-state index >= 15 is 0 Å². The average molecular weight is 393 g/mol. The monoisotopic (exact) mass is 392 g/mol. The number of hydrogen-bond donors (Lipinski definition) is 0. The molecule has 1 aromatic heterocycles. The van der Waals surface area contributed by atoms with Gasteiger partial charge in [-0.25, -0.2) is 0 Å². The van der Waals surface area contributed by atoms with Gasteiger partial charge < -0.3 is 14.7 Å². The molecule has 1 saturated heterocycles. The highest BCUT2D eigenvalue weighted by molar-refractivity contribution is 6.30. The Bertz CT molecular complexity index is 986. The van der Waals surface area contributed by atoms with Crippen LogP contribution in [0.1, 0.15) is 5.56 Å². The van der Waals surface area contributed by atoms with Gasteiger partial charge >= 0.3 is 0 Å². The second-order valence-corrected chi connectivity index (χ2v) is 7.54. The Balaban J connectivity index is 1.31. The lowest BCUT2D eigenvalue weighted by Crippen LogP contribution is -2.47. The van der Waals surface area contributed by atoms with Crippen LogP contribution in [0.3, 0.4) is 0 Å². The standard InChI is InChI=1S/C21H21ClN6/c22-17-5-3-6-18(14-17)26-10-12-27(13-11-26)21-24-20(15-23-25-21)28-9-8-16-4-1-2-7-19(16)28/h1-7,14-15H,8-13H2. The van der Waals surface area contributed by atoms with Crippen molar-refractivity contribution in [3.63, 3.8) is 0 Å². The number of halogens is 1. The van der Waals surface area contributed by atoms with Gasteiger partial charge in [-0.15, -0.1) is 5.10 Å². The first-order valence-corrected chi connectivity index (χ1v) is 9.96. The number of benzene rings is 2. The molecule has 2 aliphatic heterocycles. The first kappa shape index (κ1) is 17.3. The van der Waals surface area contributed by atoms with Gasteiger partial charge in [0.25, 0.3) is 0 Å². The normalized spacial score (nSPS) is 16.4. The Kier molecular flexibility index (Phi) is 4.49. The van der Waals surface area contributed by atoms with Gasteiger partial charge in [-0.1, -0.05) is 35.9 Å². The van der Waals surface area contributed by atoms with Crippen LogP contribution in [0.2, 0.25) is 5.02 Å². The Labute approximate surface area is 169 Å². The molecule has 3 aromatic rings. The van der Waals surface area contributed by atoms with Crippen LogP contribution in [-0.2, 0) is 6.42 Å². The molecular formula is C21H21ClN6. The maximum Gasteiger partial charge on any atom is 0.247 e. The molecule has 0 saturated carbocycles. The number of nitrogens with zero attached hydrogens (tertiary/aromatic N) is 6. The van der Waals surface area contributed by atoms with Crippen LogP contribution < -0.4 is 14.7 Å². The van der Waals surface area contributed by atoms with Crippen molar-refractivity contribution >= 4 is 34.7 Å². The minimum atomic E-state index is 0.702. The van der Waals surface area contributed by atoms with E-state index in [0.29, 0.717) is 5.95 Å². The lowest BCUT2D eigenvalue weighted by Gasteiger charge is -2.36. The molecule has 0 unspecified atom stereocenters. The molecule has 28 heavy (non-hydrogen) atoms. The number of rotatable bonds is 3. The van der Waals surface area contributed by atoms with Gasteiger partial charge in [0.05, 0.1) is 6.20 Å². The van der Waals surface area contributed by atoms with Crippen molar-refractivity contribution in [2.45, 2.75) is 6.42 Å². The van der Waals surface area contributed by atoms with Gasteiger partial charge in [-0.2, -0.15) is 10.1 Å². The molecule has 0 aliphatic carbocycles. The summed E-state index contributed by atoms with van der Waals surface area (Å²) in [6.07, 6.45) is 2.79. The molecule has 2 aromatic carbocycles. The van der Waals surface area contributed by atoms with Crippen LogP contribution in [0.4, 0.5) is 23.1 Å². The highest BCUT2D eigenvalue weighted by Crippen LogP contribution is 2.33. The SMILES string of the molecule is Clc1cccc(N2CCN(c3nncc(N4CCc5ccccc54)n3)CC2)c1. The van der Waals surface area contributed by atoms with Gasteiger partial charge in [-0.3, -0.25) is 0 Å². The molecule has 0 N–H and O–H groups in total. The zero-order valence-corrected chi connectivity index (χ0v) is 16.3. The van der Waals surface area contributed by atoms with E-state index in [1.807, 2.05) is 18.2 Å². The summed E-state index contributed by atoms with van der Waals surface area (Å²) in [5.74, 6) is 1.57. The maximum absolute atomic E-state index is 6.13. The summed E-state index contributed by atoms with van der Waals surface area (Å²) in [4.78, 5) is 11.6. The van der Waals surface area contributed by atoms with E-state index < -0.39 is 0 Å². The quantitative estimate of drug-likeness (QED) is 0.679. The van der Waals surface area contributed by atoms with Crippen LogP contribution >= 0.6 is 11.6 Å². The fourth-order valence-corrected chi connectivity index (χ4v) is 4.15. The van der Waals surface area contributed by atoms with E-state index in [2.05, 4.69) is 55.2 Å². The predicted octanol–water partition coefficient (Wildman–Crippen LogP) is 3.55. The molecule has 0 amide bonds. The lowest BCUT2D eigenvalue weighted by atomic mass is 10.2. The molecule has 1 fully saturated rings. The van der Waals surface area contributed by atoms with Crippen LogP contribution in [0, 0.1) is 0 Å². The topological polar surface area (TPSA) is 48.4 Å². The third kappa shape index (κ3) is 3.24. The summed E-state index contributed by atoms with van der Waals surface area (Å²) in [6.45, 7) is 4.45. The molecule has 142 valence electrons. The van der Waals surface area contributed by atoms with Gasteiger partial charge in [-0.05, 0) is 36.2 Å². The first-order chi connectivity index (χ1) is 13.8. The number of fused-ring (bicyclic) bond motifs is 1. The van der Waals surface area contributed by atoms with Gasteiger partial charge in [0.1, 0.15) is 0 Å². The molecule has 6 nitrogen and oxygen atoms in total. The van der Waals surface area contributed by atoms with Gasteiger partial charge in [0.15, 0.2) is 5.82 Å². The maximum atomic E-state index is 6.13. The third-order valence-electron chi connectivity index (χ3n) is 5.43. The second kappa shape index (κ2) is 7.28. The number of para-hydroxylation sites is 1. The average Bonchev–Trinajstić information content (AvgIpc) is 3.18. The van der Waals surface area contributed by atoms with E-state index in [4.69, 9.17) is 16.6 Å². The number of hydrogen-bond acceptors (Lipinski definition) is 6. The number of piperazine rings is 1. The fraction of sp³-hybridized carbons (Fsp3) is 0.286. The Morgan fingerprint density at radius 3 is 2.54 bits per heavy atom. The molecule has 5 rings (SSSR count). The van der Waals surface area contributed by atoms with E-state index in [1.165, 1.54) is 11.3 Å². The van der Waals surface area contributed by atoms with E-state index in [1.54, 1.807) is 6.20 Å². The molecule has 0 bridgehead atoms. The zero-order chi connectivity index (χ0) is 18.9. The minimum absolute atomic E-state index is 0.702. The summed E-state index contributed by atoms with van der Waals surface area (Å²) >= 11 is 6.13.